The third-order valence-corrected chi connectivity index (χ3v) is 6.80. The van der Waals surface area contributed by atoms with E-state index in [-0.39, 0.29) is 0 Å². The number of nitrogens with one attached hydrogen (secondary N) is 1. The van der Waals surface area contributed by atoms with Crippen LogP contribution in [0.1, 0.15) is 36.9 Å². The Balaban J connectivity index is 1.63. The van der Waals surface area contributed by atoms with Crippen LogP contribution in [0.3, 0.4) is 0 Å². The molecule has 0 saturated carbocycles. The average molecular weight is 373 g/mol. The van der Waals surface area contributed by atoms with Gasteiger partial charge in [0.15, 0.2) is 0 Å². The second kappa shape index (κ2) is 7.71. The van der Waals surface area contributed by atoms with Gasteiger partial charge in [0, 0.05) is 33.4 Å². The predicted molar refractivity (Wildman–Crippen MR) is 107 cm³/mol. The topological polar surface area (TPSA) is 15.3 Å². The Labute approximate surface area is 159 Å². The van der Waals surface area contributed by atoms with Crippen LogP contribution in [-0.4, -0.2) is 30.6 Å². The number of likely N-dealkylation sites (N-methyl/N-ethyl adjacent to an activating group) is 1. The van der Waals surface area contributed by atoms with Crippen molar-refractivity contribution < 1.29 is 0 Å². The first-order chi connectivity index (χ1) is 12.2. The smallest absolute Gasteiger partial charge is 0.0409 e. The maximum Gasteiger partial charge on any atom is 0.0409 e. The molecule has 0 radical (unpaired) electrons. The van der Waals surface area contributed by atoms with E-state index < -0.39 is 0 Å². The number of halogens is 1. The number of hydrogen-bond acceptors (Lipinski definition) is 3. The van der Waals surface area contributed by atoms with Crippen LogP contribution in [0, 0.1) is 0 Å². The third-order valence-electron chi connectivity index (χ3n) is 5.35. The average Bonchev–Trinajstić information content (AvgIpc) is 2.78. The highest BCUT2D eigenvalue weighted by molar-refractivity contribution is 7.99. The van der Waals surface area contributed by atoms with E-state index in [4.69, 9.17) is 11.6 Å². The van der Waals surface area contributed by atoms with Crippen LogP contribution >= 0.6 is 23.4 Å². The van der Waals surface area contributed by atoms with Gasteiger partial charge in [0.25, 0.3) is 0 Å². The van der Waals surface area contributed by atoms with Gasteiger partial charge < -0.3 is 10.2 Å². The van der Waals surface area contributed by atoms with Crippen LogP contribution in [0.15, 0.2) is 52.3 Å². The van der Waals surface area contributed by atoms with E-state index in [1.807, 2.05) is 17.8 Å². The summed E-state index contributed by atoms with van der Waals surface area (Å²) in [6.45, 7) is 5.81. The zero-order chi connectivity index (χ0) is 17.2. The molecule has 2 aromatic rings. The molecule has 132 valence electrons. The van der Waals surface area contributed by atoms with E-state index in [0.717, 1.165) is 24.5 Å². The minimum Gasteiger partial charge on any atom is -0.306 e. The van der Waals surface area contributed by atoms with Crippen molar-refractivity contribution in [2.75, 3.05) is 19.6 Å². The first kappa shape index (κ1) is 17.4. The van der Waals surface area contributed by atoms with Crippen molar-refractivity contribution in [1.29, 1.82) is 0 Å². The number of likely N-dealkylation sites (tertiary alicyclic amines) is 1. The molecule has 0 amide bonds. The van der Waals surface area contributed by atoms with E-state index in [9.17, 15) is 0 Å². The minimum atomic E-state index is 0.352. The van der Waals surface area contributed by atoms with Crippen molar-refractivity contribution in [3.8, 4) is 0 Å². The Hall–Kier alpha value is -1.00. The number of piperidine rings is 1. The van der Waals surface area contributed by atoms with Crippen LogP contribution < -0.4 is 5.32 Å². The van der Waals surface area contributed by atoms with Crippen LogP contribution in [0.25, 0.3) is 0 Å². The standard InChI is InChI=1S/C21H25ClN2S/c1-2-24-11-5-6-17(14-24)23-19-13-15-12-16(22)9-10-20(15)25-21-8-4-3-7-18(19)21/h3-4,7-10,12,17,19,23H,2,5-6,11,13-14H2,1H3/t17-,19-/m0/s1. The zero-order valence-electron chi connectivity index (χ0n) is 14.7. The van der Waals surface area contributed by atoms with Gasteiger partial charge in [-0.15, -0.1) is 0 Å². The highest BCUT2D eigenvalue weighted by atomic mass is 35.5. The molecular weight excluding hydrogens is 348 g/mol. The molecule has 1 N–H and O–H groups in total. The SMILES string of the molecule is CCN1CCC[C@H](N[C@H]2Cc3cc(Cl)ccc3Sc3ccccc32)C1. The van der Waals surface area contributed by atoms with Crippen molar-refractivity contribution in [2.45, 2.75) is 48.1 Å². The normalized spacial score (nSPS) is 23.6. The van der Waals surface area contributed by atoms with Crippen LogP contribution in [0.2, 0.25) is 5.02 Å². The van der Waals surface area contributed by atoms with Gasteiger partial charge >= 0.3 is 0 Å². The number of rotatable bonds is 3. The van der Waals surface area contributed by atoms with Gasteiger partial charge in [-0.2, -0.15) is 0 Å². The van der Waals surface area contributed by atoms with E-state index in [0.29, 0.717) is 12.1 Å². The fourth-order valence-corrected chi connectivity index (χ4v) is 5.34. The zero-order valence-corrected chi connectivity index (χ0v) is 16.2. The molecule has 2 aliphatic heterocycles. The largest absolute Gasteiger partial charge is 0.306 e. The summed E-state index contributed by atoms with van der Waals surface area (Å²) in [5.74, 6) is 0. The van der Waals surface area contributed by atoms with E-state index in [1.54, 1.807) is 0 Å². The van der Waals surface area contributed by atoms with Gasteiger partial charge in [0.1, 0.15) is 0 Å². The van der Waals surface area contributed by atoms with Crippen LogP contribution in [0.4, 0.5) is 0 Å². The van der Waals surface area contributed by atoms with Gasteiger partial charge in [0.2, 0.25) is 0 Å². The molecule has 4 heteroatoms. The summed E-state index contributed by atoms with van der Waals surface area (Å²) in [6, 6.07) is 16.1. The van der Waals surface area contributed by atoms with Crippen molar-refractivity contribution in [3.63, 3.8) is 0 Å². The molecule has 4 rings (SSSR count). The summed E-state index contributed by atoms with van der Waals surface area (Å²) in [5.41, 5.74) is 2.78. The van der Waals surface area contributed by atoms with Crippen LogP contribution in [-0.2, 0) is 6.42 Å². The summed E-state index contributed by atoms with van der Waals surface area (Å²) in [7, 11) is 0. The van der Waals surface area contributed by atoms with Gasteiger partial charge in [-0.05, 0) is 67.7 Å². The molecular formula is C21H25ClN2S. The molecule has 2 aliphatic rings. The monoisotopic (exact) mass is 372 g/mol. The Bertz CT molecular complexity index is 748. The molecule has 0 aliphatic carbocycles. The summed E-state index contributed by atoms with van der Waals surface area (Å²) in [6.07, 6.45) is 3.56. The summed E-state index contributed by atoms with van der Waals surface area (Å²) >= 11 is 8.16. The van der Waals surface area contributed by atoms with E-state index >= 15 is 0 Å². The Morgan fingerprint density at radius 2 is 2.08 bits per heavy atom. The molecule has 2 aromatic carbocycles. The quantitative estimate of drug-likeness (QED) is 0.800. The highest BCUT2D eigenvalue weighted by Gasteiger charge is 2.27. The minimum absolute atomic E-state index is 0.352. The lowest BCUT2D eigenvalue weighted by Gasteiger charge is -2.35. The molecule has 1 fully saturated rings. The summed E-state index contributed by atoms with van der Waals surface area (Å²) < 4.78 is 0. The van der Waals surface area contributed by atoms with Gasteiger partial charge in [-0.1, -0.05) is 48.5 Å². The number of benzene rings is 2. The molecule has 0 aromatic heterocycles. The second-order valence-corrected chi connectivity index (χ2v) is 8.57. The highest BCUT2D eigenvalue weighted by Crippen LogP contribution is 2.41. The predicted octanol–water partition coefficient (Wildman–Crippen LogP) is 5.16. The molecule has 1 saturated heterocycles. The van der Waals surface area contributed by atoms with Crippen molar-refractivity contribution in [2.24, 2.45) is 0 Å². The lowest BCUT2D eigenvalue weighted by atomic mass is 9.96. The molecule has 2 heterocycles. The number of nitrogens with zero attached hydrogens (tertiary/aromatic N) is 1. The van der Waals surface area contributed by atoms with E-state index in [1.165, 1.54) is 40.3 Å². The van der Waals surface area contributed by atoms with Crippen molar-refractivity contribution in [3.05, 3.63) is 58.6 Å². The van der Waals surface area contributed by atoms with Crippen molar-refractivity contribution in [1.82, 2.24) is 10.2 Å². The first-order valence-electron chi connectivity index (χ1n) is 9.26. The first-order valence-corrected chi connectivity index (χ1v) is 10.5. The van der Waals surface area contributed by atoms with Crippen molar-refractivity contribution >= 4 is 23.4 Å². The Kier molecular flexibility index (Phi) is 5.37. The number of fused-ring (bicyclic) bond motifs is 2. The Morgan fingerprint density at radius 1 is 1.20 bits per heavy atom. The van der Waals surface area contributed by atoms with Gasteiger partial charge in [0.05, 0.1) is 0 Å². The molecule has 25 heavy (non-hydrogen) atoms. The van der Waals surface area contributed by atoms with Crippen LogP contribution in [0.5, 0.6) is 0 Å². The fraction of sp³-hybridized carbons (Fsp3) is 0.429. The second-order valence-electron chi connectivity index (χ2n) is 7.05. The fourth-order valence-electron chi connectivity index (χ4n) is 4.03. The van der Waals surface area contributed by atoms with Gasteiger partial charge in [-0.25, -0.2) is 0 Å². The van der Waals surface area contributed by atoms with E-state index in [2.05, 4.69) is 53.5 Å². The Morgan fingerprint density at radius 3 is 2.96 bits per heavy atom. The summed E-state index contributed by atoms with van der Waals surface area (Å²) in [4.78, 5) is 5.26. The maximum absolute atomic E-state index is 6.28. The third kappa shape index (κ3) is 3.90. The lowest BCUT2D eigenvalue weighted by Crippen LogP contribution is -2.47. The maximum atomic E-state index is 6.28. The summed E-state index contributed by atoms with van der Waals surface area (Å²) in [5, 5.41) is 4.81. The molecule has 2 atom stereocenters. The number of hydrogen-bond donors (Lipinski definition) is 1. The molecule has 0 bridgehead atoms. The van der Waals surface area contributed by atoms with Gasteiger partial charge in [-0.3, -0.25) is 0 Å². The lowest BCUT2D eigenvalue weighted by molar-refractivity contribution is 0.189. The molecule has 0 unspecified atom stereocenters. The molecule has 2 nitrogen and oxygen atoms in total. The molecule has 0 spiro atoms.